The molecule has 5 heteroatoms. The third-order valence-corrected chi connectivity index (χ3v) is 4.63. The maximum absolute atomic E-state index is 12.3. The Balaban J connectivity index is 1.30. The molecule has 2 N–H and O–H groups in total. The van der Waals surface area contributed by atoms with E-state index in [1.165, 1.54) is 5.56 Å². The number of nitrogens with one attached hydrogen (secondary N) is 2. The predicted octanol–water partition coefficient (Wildman–Crippen LogP) is 3.59. The van der Waals surface area contributed by atoms with Crippen LogP contribution in [0.1, 0.15) is 41.6 Å². The number of rotatable bonds is 10. The standard InChI is InChI=1S/C22H26N2O3/c25-20(18-10-11-21-19(15-18)24-22(26)16-27-21)9-5-2-6-13-23-14-12-17-7-3-1-4-8-17/h1,3-4,7-8,10-11,15,23H,2,5-6,9,12-14,16H2,(H,24,26). The summed E-state index contributed by atoms with van der Waals surface area (Å²) >= 11 is 0. The minimum atomic E-state index is -0.188. The minimum Gasteiger partial charge on any atom is -0.482 e. The van der Waals surface area contributed by atoms with Crippen LogP contribution in [0.3, 0.4) is 0 Å². The van der Waals surface area contributed by atoms with Gasteiger partial charge in [-0.25, -0.2) is 0 Å². The smallest absolute Gasteiger partial charge is 0.262 e. The Kier molecular flexibility index (Phi) is 6.99. The van der Waals surface area contributed by atoms with Crippen molar-refractivity contribution in [3.8, 4) is 5.75 Å². The lowest BCUT2D eigenvalue weighted by atomic mass is 10.0. The van der Waals surface area contributed by atoms with Crippen molar-refractivity contribution < 1.29 is 14.3 Å². The summed E-state index contributed by atoms with van der Waals surface area (Å²) in [6.45, 7) is 1.98. The second-order valence-corrected chi connectivity index (χ2v) is 6.77. The number of Topliss-reactive ketones (excluding diaryl/α,β-unsaturated/α-hetero) is 1. The van der Waals surface area contributed by atoms with Gasteiger partial charge in [0.25, 0.3) is 5.91 Å². The Morgan fingerprint density at radius 3 is 2.74 bits per heavy atom. The number of amides is 1. The summed E-state index contributed by atoms with van der Waals surface area (Å²) in [4.78, 5) is 23.7. The molecule has 0 atom stereocenters. The van der Waals surface area contributed by atoms with Gasteiger partial charge in [-0.15, -0.1) is 0 Å². The highest BCUT2D eigenvalue weighted by atomic mass is 16.5. The van der Waals surface area contributed by atoms with Gasteiger partial charge in [-0.2, -0.15) is 0 Å². The number of anilines is 1. The highest BCUT2D eigenvalue weighted by molar-refractivity contribution is 6.00. The van der Waals surface area contributed by atoms with Crippen molar-refractivity contribution in [2.24, 2.45) is 0 Å². The van der Waals surface area contributed by atoms with Crippen LogP contribution in [0.2, 0.25) is 0 Å². The van der Waals surface area contributed by atoms with E-state index in [2.05, 4.69) is 34.9 Å². The van der Waals surface area contributed by atoms with E-state index in [1.807, 2.05) is 6.07 Å². The Labute approximate surface area is 160 Å². The molecule has 2 aromatic carbocycles. The molecule has 142 valence electrons. The van der Waals surface area contributed by atoms with E-state index in [9.17, 15) is 9.59 Å². The third kappa shape index (κ3) is 5.93. The summed E-state index contributed by atoms with van der Waals surface area (Å²) in [5.41, 5.74) is 2.56. The van der Waals surface area contributed by atoms with Gasteiger partial charge < -0.3 is 15.4 Å². The van der Waals surface area contributed by atoms with Gasteiger partial charge in [0, 0.05) is 12.0 Å². The molecule has 27 heavy (non-hydrogen) atoms. The fraction of sp³-hybridized carbons (Fsp3) is 0.364. The maximum atomic E-state index is 12.3. The van der Waals surface area contributed by atoms with Crippen molar-refractivity contribution in [1.82, 2.24) is 5.32 Å². The number of hydrogen-bond donors (Lipinski definition) is 2. The largest absolute Gasteiger partial charge is 0.482 e. The molecule has 1 aliphatic heterocycles. The zero-order valence-corrected chi connectivity index (χ0v) is 15.5. The number of ether oxygens (including phenoxy) is 1. The van der Waals surface area contributed by atoms with Gasteiger partial charge in [-0.1, -0.05) is 36.8 Å². The molecule has 0 aromatic heterocycles. The van der Waals surface area contributed by atoms with Crippen LogP contribution in [0.15, 0.2) is 48.5 Å². The van der Waals surface area contributed by atoms with E-state index < -0.39 is 0 Å². The second kappa shape index (κ2) is 9.88. The predicted molar refractivity (Wildman–Crippen MR) is 106 cm³/mol. The van der Waals surface area contributed by atoms with Gasteiger partial charge >= 0.3 is 0 Å². The van der Waals surface area contributed by atoms with Crippen molar-refractivity contribution in [2.45, 2.75) is 32.1 Å². The van der Waals surface area contributed by atoms with Crippen LogP contribution < -0.4 is 15.4 Å². The van der Waals surface area contributed by atoms with Gasteiger partial charge in [-0.3, -0.25) is 9.59 Å². The summed E-state index contributed by atoms with van der Waals surface area (Å²) in [7, 11) is 0. The number of ketones is 1. The Morgan fingerprint density at radius 2 is 1.89 bits per heavy atom. The molecule has 0 saturated carbocycles. The molecule has 2 aromatic rings. The van der Waals surface area contributed by atoms with Crippen molar-refractivity contribution in [3.05, 3.63) is 59.7 Å². The van der Waals surface area contributed by atoms with Crippen LogP contribution in [0.4, 0.5) is 5.69 Å². The monoisotopic (exact) mass is 366 g/mol. The second-order valence-electron chi connectivity index (χ2n) is 6.77. The highest BCUT2D eigenvalue weighted by Crippen LogP contribution is 2.29. The zero-order valence-electron chi connectivity index (χ0n) is 15.5. The third-order valence-electron chi connectivity index (χ3n) is 4.63. The first-order valence-electron chi connectivity index (χ1n) is 9.57. The molecule has 3 rings (SSSR count). The Bertz CT molecular complexity index is 774. The fourth-order valence-electron chi connectivity index (χ4n) is 3.12. The SMILES string of the molecule is O=C1COc2ccc(C(=O)CCCCCNCCc3ccccc3)cc2N1. The molecular formula is C22H26N2O3. The van der Waals surface area contributed by atoms with Gasteiger partial charge in [0.1, 0.15) is 5.75 Å². The molecule has 0 radical (unpaired) electrons. The summed E-state index contributed by atoms with van der Waals surface area (Å²) in [6, 6.07) is 15.7. The molecular weight excluding hydrogens is 340 g/mol. The lowest BCUT2D eigenvalue weighted by Gasteiger charge is -2.18. The number of carbonyl (C=O) groups is 2. The molecule has 5 nitrogen and oxygen atoms in total. The van der Waals surface area contributed by atoms with Crippen molar-refractivity contribution in [1.29, 1.82) is 0 Å². The molecule has 0 aliphatic carbocycles. The van der Waals surface area contributed by atoms with Crippen molar-refractivity contribution in [3.63, 3.8) is 0 Å². The molecule has 0 fully saturated rings. The average molecular weight is 366 g/mol. The average Bonchev–Trinajstić information content (AvgIpc) is 2.70. The van der Waals surface area contributed by atoms with Crippen molar-refractivity contribution >= 4 is 17.4 Å². The van der Waals surface area contributed by atoms with Crippen LogP contribution in [-0.4, -0.2) is 31.4 Å². The molecule has 0 bridgehead atoms. The van der Waals surface area contributed by atoms with Gasteiger partial charge in [0.05, 0.1) is 5.69 Å². The van der Waals surface area contributed by atoms with Crippen LogP contribution in [0.25, 0.3) is 0 Å². The van der Waals surface area contributed by atoms with Crippen LogP contribution in [0.5, 0.6) is 5.75 Å². The van der Waals surface area contributed by atoms with E-state index in [-0.39, 0.29) is 18.3 Å². The molecule has 0 spiro atoms. The Hall–Kier alpha value is -2.66. The maximum Gasteiger partial charge on any atom is 0.262 e. The minimum absolute atomic E-state index is 0.0275. The number of benzene rings is 2. The lowest BCUT2D eigenvalue weighted by Crippen LogP contribution is -2.25. The summed E-state index contributed by atoms with van der Waals surface area (Å²) in [6.07, 6.45) is 4.53. The first-order chi connectivity index (χ1) is 13.2. The van der Waals surface area contributed by atoms with Crippen LogP contribution >= 0.6 is 0 Å². The van der Waals surface area contributed by atoms with E-state index in [0.29, 0.717) is 23.4 Å². The zero-order chi connectivity index (χ0) is 18.9. The van der Waals surface area contributed by atoms with Gasteiger partial charge in [0.2, 0.25) is 0 Å². The van der Waals surface area contributed by atoms with E-state index in [0.717, 1.165) is 38.8 Å². The normalized spacial score (nSPS) is 12.8. The lowest BCUT2D eigenvalue weighted by molar-refractivity contribution is -0.118. The first-order valence-corrected chi connectivity index (χ1v) is 9.57. The highest BCUT2D eigenvalue weighted by Gasteiger charge is 2.17. The number of hydrogen-bond acceptors (Lipinski definition) is 4. The van der Waals surface area contributed by atoms with E-state index >= 15 is 0 Å². The van der Waals surface area contributed by atoms with Gasteiger partial charge in [0.15, 0.2) is 12.4 Å². The fourth-order valence-corrected chi connectivity index (χ4v) is 3.12. The number of unbranched alkanes of at least 4 members (excludes halogenated alkanes) is 2. The summed E-state index contributed by atoms with van der Waals surface area (Å²) in [5.74, 6) is 0.536. The van der Waals surface area contributed by atoms with Gasteiger partial charge in [-0.05, 0) is 56.1 Å². The van der Waals surface area contributed by atoms with E-state index in [1.54, 1.807) is 18.2 Å². The molecule has 0 saturated heterocycles. The summed E-state index contributed by atoms with van der Waals surface area (Å²) in [5, 5.41) is 6.19. The molecule has 1 aliphatic rings. The molecule has 1 heterocycles. The molecule has 1 amide bonds. The number of carbonyl (C=O) groups excluding carboxylic acids is 2. The topological polar surface area (TPSA) is 67.4 Å². The van der Waals surface area contributed by atoms with Crippen LogP contribution in [-0.2, 0) is 11.2 Å². The van der Waals surface area contributed by atoms with Crippen LogP contribution in [0, 0.1) is 0 Å². The number of fused-ring (bicyclic) bond motifs is 1. The first kappa shape index (κ1) is 19.1. The Morgan fingerprint density at radius 1 is 1.04 bits per heavy atom. The quantitative estimate of drug-likeness (QED) is 0.498. The van der Waals surface area contributed by atoms with E-state index in [4.69, 9.17) is 4.74 Å². The summed E-state index contributed by atoms with van der Waals surface area (Å²) < 4.78 is 5.31. The molecule has 0 unspecified atom stereocenters. The van der Waals surface area contributed by atoms with Crippen molar-refractivity contribution in [2.75, 3.05) is 25.0 Å².